The molecular weight excluding hydrogens is 483 g/mol. The van der Waals surface area contributed by atoms with Crippen LogP contribution in [0.5, 0.6) is 0 Å². The summed E-state index contributed by atoms with van der Waals surface area (Å²) in [6, 6.07) is 4.40. The minimum absolute atomic E-state index is 0.0211. The Kier molecular flexibility index (Phi) is 6.43. The molecule has 2 atom stereocenters. The fourth-order valence-electron chi connectivity index (χ4n) is 3.43. The molecule has 0 unspecified atom stereocenters. The van der Waals surface area contributed by atoms with E-state index in [0.29, 0.717) is 6.07 Å². The zero-order valence-corrected chi connectivity index (χ0v) is 18.2. The third kappa shape index (κ3) is 4.81. The monoisotopic (exact) mass is 502 g/mol. The number of benzene rings is 1. The minimum atomic E-state index is -4.72. The molecule has 3 rings (SSSR count). The van der Waals surface area contributed by atoms with Crippen LogP contribution in [-0.4, -0.2) is 50.6 Å². The molecule has 32 heavy (non-hydrogen) atoms. The third-order valence-electron chi connectivity index (χ3n) is 5.27. The standard InChI is InChI=1S/C18H19F5N2O5S2/c1-17(32(28,29)12-4-2-3-11(7-12)18(21,22)23)5-6-30-14(9-17)13-8-16(25-24-13)31(26,27)10-15(19)20/h2-4,7-8,14-15H,5-6,9-10H2,1H3,(H,24,25)/t14-,17+/m1/s1. The predicted molar refractivity (Wildman–Crippen MR) is 102 cm³/mol. The van der Waals surface area contributed by atoms with Gasteiger partial charge < -0.3 is 4.74 Å². The number of hydrogen-bond donors (Lipinski definition) is 1. The largest absolute Gasteiger partial charge is 0.416 e. The van der Waals surface area contributed by atoms with Crippen molar-refractivity contribution in [3.63, 3.8) is 0 Å². The average molecular weight is 502 g/mol. The number of aromatic amines is 1. The highest BCUT2D eigenvalue weighted by Gasteiger charge is 2.46. The van der Waals surface area contributed by atoms with Crippen LogP contribution in [-0.2, 0) is 30.6 Å². The number of rotatable bonds is 6. The maximum absolute atomic E-state index is 13.2. The van der Waals surface area contributed by atoms with Gasteiger partial charge in [0.2, 0.25) is 9.84 Å². The molecule has 1 aliphatic rings. The molecule has 7 nitrogen and oxygen atoms in total. The normalized spacial score (nSPS) is 22.9. The molecule has 0 radical (unpaired) electrons. The predicted octanol–water partition coefficient (Wildman–Crippen LogP) is 3.55. The van der Waals surface area contributed by atoms with Gasteiger partial charge in [0.05, 0.1) is 20.9 Å². The smallest absolute Gasteiger partial charge is 0.372 e. The van der Waals surface area contributed by atoms with Gasteiger partial charge in [0, 0.05) is 12.7 Å². The molecule has 1 fully saturated rings. The number of hydrogen-bond acceptors (Lipinski definition) is 6. The summed E-state index contributed by atoms with van der Waals surface area (Å²) in [5, 5.41) is 5.26. The highest BCUT2D eigenvalue weighted by atomic mass is 32.2. The molecule has 2 aromatic rings. The summed E-state index contributed by atoms with van der Waals surface area (Å²) in [5.74, 6) is -1.43. The first-order chi connectivity index (χ1) is 14.7. The molecule has 0 aliphatic carbocycles. The molecule has 0 amide bonds. The van der Waals surface area contributed by atoms with Gasteiger partial charge in [0.15, 0.2) is 14.9 Å². The first kappa shape index (κ1) is 24.6. The lowest BCUT2D eigenvalue weighted by molar-refractivity contribution is -0.137. The maximum Gasteiger partial charge on any atom is 0.416 e. The van der Waals surface area contributed by atoms with Crippen molar-refractivity contribution in [1.82, 2.24) is 10.2 Å². The van der Waals surface area contributed by atoms with Crippen molar-refractivity contribution in [1.29, 1.82) is 0 Å². The minimum Gasteiger partial charge on any atom is -0.372 e. The summed E-state index contributed by atoms with van der Waals surface area (Å²) in [7, 11) is -8.62. The Morgan fingerprint density at radius 3 is 2.53 bits per heavy atom. The van der Waals surface area contributed by atoms with E-state index in [-0.39, 0.29) is 25.1 Å². The Labute approximate surface area is 180 Å². The van der Waals surface area contributed by atoms with Crippen LogP contribution in [0.3, 0.4) is 0 Å². The van der Waals surface area contributed by atoms with Gasteiger partial charge in [-0.1, -0.05) is 6.07 Å². The number of H-pyrrole nitrogens is 1. The molecule has 1 saturated heterocycles. The van der Waals surface area contributed by atoms with E-state index in [4.69, 9.17) is 4.74 Å². The van der Waals surface area contributed by atoms with Crippen LogP contribution in [0.25, 0.3) is 0 Å². The number of alkyl halides is 5. The third-order valence-corrected chi connectivity index (χ3v) is 9.35. The lowest BCUT2D eigenvalue weighted by Crippen LogP contribution is -2.42. The Morgan fingerprint density at radius 1 is 1.22 bits per heavy atom. The van der Waals surface area contributed by atoms with Crippen molar-refractivity contribution in [2.75, 3.05) is 12.4 Å². The van der Waals surface area contributed by atoms with Gasteiger partial charge >= 0.3 is 6.18 Å². The number of halogens is 5. The lowest BCUT2D eigenvalue weighted by Gasteiger charge is -2.37. The second-order valence-corrected chi connectivity index (χ2v) is 12.1. The van der Waals surface area contributed by atoms with Crippen molar-refractivity contribution < 1.29 is 43.5 Å². The second-order valence-electron chi connectivity index (χ2n) is 7.63. The van der Waals surface area contributed by atoms with Crippen molar-refractivity contribution in [3.05, 3.63) is 41.6 Å². The highest BCUT2D eigenvalue weighted by molar-refractivity contribution is 7.92. The van der Waals surface area contributed by atoms with Gasteiger partial charge in [-0.25, -0.2) is 25.6 Å². The van der Waals surface area contributed by atoms with Crippen molar-refractivity contribution >= 4 is 19.7 Å². The lowest BCUT2D eigenvalue weighted by atomic mass is 9.95. The van der Waals surface area contributed by atoms with E-state index < -0.39 is 64.4 Å². The number of aromatic nitrogens is 2. The van der Waals surface area contributed by atoms with Crippen molar-refractivity contribution in [3.8, 4) is 0 Å². The summed E-state index contributed by atoms with van der Waals surface area (Å²) < 4.78 is 118. The zero-order valence-electron chi connectivity index (χ0n) is 16.6. The number of nitrogens with zero attached hydrogens (tertiary/aromatic N) is 1. The van der Waals surface area contributed by atoms with Gasteiger partial charge in [-0.15, -0.1) is 0 Å². The van der Waals surface area contributed by atoms with Crippen LogP contribution >= 0.6 is 0 Å². The maximum atomic E-state index is 13.2. The Morgan fingerprint density at radius 2 is 1.91 bits per heavy atom. The number of nitrogens with one attached hydrogen (secondary N) is 1. The molecule has 0 bridgehead atoms. The summed E-state index contributed by atoms with van der Waals surface area (Å²) >= 11 is 0. The second kappa shape index (κ2) is 8.37. The molecule has 1 aliphatic heterocycles. The summed E-state index contributed by atoms with van der Waals surface area (Å²) in [4.78, 5) is -0.500. The van der Waals surface area contributed by atoms with Gasteiger partial charge in [-0.3, -0.25) is 5.10 Å². The van der Waals surface area contributed by atoms with Crippen LogP contribution in [0.2, 0.25) is 0 Å². The topological polar surface area (TPSA) is 106 Å². The summed E-state index contributed by atoms with van der Waals surface area (Å²) in [5.41, 5.74) is -1.05. The Hall–Kier alpha value is -2.06. The molecule has 1 aromatic heterocycles. The van der Waals surface area contributed by atoms with E-state index >= 15 is 0 Å². The van der Waals surface area contributed by atoms with E-state index in [1.165, 1.54) is 6.92 Å². The summed E-state index contributed by atoms with van der Waals surface area (Å²) in [6.45, 7) is 1.28. The van der Waals surface area contributed by atoms with Crippen molar-refractivity contribution in [2.45, 2.75) is 53.1 Å². The van der Waals surface area contributed by atoms with E-state index in [9.17, 15) is 38.8 Å². The van der Waals surface area contributed by atoms with E-state index in [1.54, 1.807) is 0 Å². The molecule has 1 aromatic carbocycles. The average Bonchev–Trinajstić information content (AvgIpc) is 3.18. The van der Waals surface area contributed by atoms with Gasteiger partial charge in [-0.2, -0.15) is 18.3 Å². The van der Waals surface area contributed by atoms with E-state index in [1.807, 2.05) is 0 Å². The first-order valence-electron chi connectivity index (χ1n) is 9.25. The molecule has 0 saturated carbocycles. The quantitative estimate of drug-likeness (QED) is 0.606. The summed E-state index contributed by atoms with van der Waals surface area (Å²) in [6.07, 6.45) is -9.06. The fraction of sp³-hybridized carbons (Fsp3) is 0.500. The number of sulfone groups is 2. The van der Waals surface area contributed by atoms with Gasteiger partial charge in [0.25, 0.3) is 6.43 Å². The van der Waals surface area contributed by atoms with Crippen LogP contribution < -0.4 is 0 Å². The zero-order chi connectivity index (χ0) is 23.9. The first-order valence-corrected chi connectivity index (χ1v) is 12.4. The van der Waals surface area contributed by atoms with Crippen LogP contribution in [0.4, 0.5) is 22.0 Å². The van der Waals surface area contributed by atoms with E-state index in [2.05, 4.69) is 10.2 Å². The fourth-order valence-corrected chi connectivity index (χ4v) is 6.26. The van der Waals surface area contributed by atoms with Crippen LogP contribution in [0, 0.1) is 0 Å². The Bertz CT molecular complexity index is 1190. The molecule has 0 spiro atoms. The van der Waals surface area contributed by atoms with Gasteiger partial charge in [0.1, 0.15) is 11.9 Å². The SMILES string of the molecule is C[C@]1(S(=O)(=O)c2cccc(C(F)(F)F)c2)CCO[C@@H](c2cc(S(=O)(=O)CC(F)F)n[nH]2)C1. The molecule has 14 heteroatoms. The molecule has 1 N–H and O–H groups in total. The molecular formula is C18H19F5N2O5S2. The molecule has 2 heterocycles. The van der Waals surface area contributed by atoms with Crippen molar-refractivity contribution in [2.24, 2.45) is 0 Å². The highest BCUT2D eigenvalue weighted by Crippen LogP contribution is 2.42. The Balaban J connectivity index is 1.90. The van der Waals surface area contributed by atoms with Crippen LogP contribution in [0.15, 0.2) is 40.3 Å². The number of ether oxygens (including phenoxy) is 1. The van der Waals surface area contributed by atoms with E-state index in [0.717, 1.165) is 24.3 Å². The van der Waals surface area contributed by atoms with Gasteiger partial charge in [-0.05, 0) is 38.0 Å². The van der Waals surface area contributed by atoms with Crippen LogP contribution in [0.1, 0.15) is 37.1 Å². The molecule has 178 valence electrons.